The molecule has 1 nitrogen and oxygen atoms in total. The molecule has 0 saturated heterocycles. The summed E-state index contributed by atoms with van der Waals surface area (Å²) in [6, 6.07) is 8.83. The molecular weight excluding hydrogens is 196 g/mol. The van der Waals surface area contributed by atoms with Crippen molar-refractivity contribution in [1.29, 1.82) is 0 Å². The molecule has 1 heteroatoms. The predicted octanol–water partition coefficient (Wildman–Crippen LogP) is 4.02. The van der Waals surface area contributed by atoms with Crippen LogP contribution in [-0.4, -0.2) is 6.29 Å². The van der Waals surface area contributed by atoms with E-state index in [2.05, 4.69) is 38.1 Å². The fraction of sp³-hybridized carbons (Fsp3) is 0.533. The Kier molecular flexibility index (Phi) is 5.84. The van der Waals surface area contributed by atoms with E-state index >= 15 is 0 Å². The molecule has 0 aliphatic heterocycles. The predicted molar refractivity (Wildman–Crippen MR) is 68.4 cm³/mol. The standard InChI is InChI=1S/C15H21O/c1-13(2)15-10-7-9-14(12-15)8-5-3-4-6-11-16/h7,9-10,12-13H,3-6,8H2,1-2H3. The first-order valence-corrected chi connectivity index (χ1v) is 6.18. The van der Waals surface area contributed by atoms with Crippen LogP contribution in [0.2, 0.25) is 0 Å². The second-order valence-corrected chi connectivity index (χ2v) is 4.60. The Labute approximate surface area is 98.9 Å². The van der Waals surface area contributed by atoms with E-state index in [0.29, 0.717) is 12.3 Å². The van der Waals surface area contributed by atoms with E-state index in [1.807, 2.05) is 6.29 Å². The van der Waals surface area contributed by atoms with Crippen LogP contribution in [0.3, 0.4) is 0 Å². The second-order valence-electron chi connectivity index (χ2n) is 4.60. The van der Waals surface area contributed by atoms with Gasteiger partial charge < -0.3 is 0 Å². The van der Waals surface area contributed by atoms with E-state index in [-0.39, 0.29) is 0 Å². The zero-order chi connectivity index (χ0) is 11.8. The molecule has 0 amide bonds. The minimum Gasteiger partial charge on any atom is -0.291 e. The molecule has 0 atom stereocenters. The van der Waals surface area contributed by atoms with Crippen molar-refractivity contribution in [2.45, 2.75) is 51.9 Å². The second kappa shape index (κ2) is 7.21. The van der Waals surface area contributed by atoms with Gasteiger partial charge in [-0.15, -0.1) is 0 Å². The molecule has 1 radical (unpaired) electrons. The van der Waals surface area contributed by atoms with Crippen LogP contribution in [0.25, 0.3) is 0 Å². The maximum absolute atomic E-state index is 10.0. The summed E-state index contributed by atoms with van der Waals surface area (Å²) in [4.78, 5) is 10.0. The van der Waals surface area contributed by atoms with Crippen molar-refractivity contribution in [3.63, 3.8) is 0 Å². The number of aryl methyl sites for hydroxylation is 1. The summed E-state index contributed by atoms with van der Waals surface area (Å²) in [7, 11) is 0. The Balaban J connectivity index is 2.36. The van der Waals surface area contributed by atoms with E-state index < -0.39 is 0 Å². The third-order valence-electron chi connectivity index (χ3n) is 2.86. The lowest BCUT2D eigenvalue weighted by Gasteiger charge is -2.07. The van der Waals surface area contributed by atoms with Crippen LogP contribution >= 0.6 is 0 Å². The maximum Gasteiger partial charge on any atom is 0.198 e. The average molecular weight is 217 g/mol. The minimum atomic E-state index is 0.589. The van der Waals surface area contributed by atoms with Crippen LogP contribution in [0.1, 0.15) is 56.6 Å². The largest absolute Gasteiger partial charge is 0.291 e. The molecule has 1 aromatic rings. The number of unbranched alkanes of at least 4 members (excludes halogenated alkanes) is 3. The lowest BCUT2D eigenvalue weighted by molar-refractivity contribution is 0.545. The van der Waals surface area contributed by atoms with Gasteiger partial charge in [-0.05, 0) is 36.3 Å². The summed E-state index contributed by atoms with van der Waals surface area (Å²) in [5.74, 6) is 0.601. The van der Waals surface area contributed by atoms with Gasteiger partial charge in [-0.3, -0.25) is 4.79 Å². The summed E-state index contributed by atoms with van der Waals surface area (Å²) >= 11 is 0. The van der Waals surface area contributed by atoms with Crippen LogP contribution in [-0.2, 0) is 11.2 Å². The average Bonchev–Trinajstić information content (AvgIpc) is 2.29. The molecule has 87 valence electrons. The highest BCUT2D eigenvalue weighted by atomic mass is 16.1. The van der Waals surface area contributed by atoms with Crippen molar-refractivity contribution in [2.24, 2.45) is 0 Å². The molecule has 0 fully saturated rings. The Morgan fingerprint density at radius 1 is 1.19 bits per heavy atom. The molecule has 1 aromatic carbocycles. The Bertz CT molecular complexity index is 315. The van der Waals surface area contributed by atoms with E-state index in [9.17, 15) is 4.79 Å². The number of hydrogen-bond acceptors (Lipinski definition) is 1. The molecule has 0 heterocycles. The summed E-state index contributed by atoms with van der Waals surface area (Å²) in [5, 5.41) is 0. The molecule has 0 unspecified atom stereocenters. The van der Waals surface area contributed by atoms with Crippen molar-refractivity contribution in [1.82, 2.24) is 0 Å². The maximum atomic E-state index is 10.0. The van der Waals surface area contributed by atoms with Crippen molar-refractivity contribution >= 4 is 6.29 Å². The van der Waals surface area contributed by atoms with Crippen molar-refractivity contribution in [3.05, 3.63) is 35.4 Å². The molecule has 0 saturated carbocycles. The van der Waals surface area contributed by atoms with Gasteiger partial charge in [0.15, 0.2) is 6.29 Å². The first-order valence-electron chi connectivity index (χ1n) is 6.18. The zero-order valence-corrected chi connectivity index (χ0v) is 10.3. The highest BCUT2D eigenvalue weighted by molar-refractivity contribution is 5.50. The summed E-state index contributed by atoms with van der Waals surface area (Å²) in [6.45, 7) is 4.44. The van der Waals surface area contributed by atoms with Gasteiger partial charge in [-0.25, -0.2) is 0 Å². The van der Waals surface area contributed by atoms with E-state index in [1.54, 1.807) is 0 Å². The molecule has 1 rings (SSSR count). The van der Waals surface area contributed by atoms with E-state index in [1.165, 1.54) is 17.5 Å². The van der Waals surface area contributed by atoms with Crippen molar-refractivity contribution in [3.8, 4) is 0 Å². The monoisotopic (exact) mass is 217 g/mol. The molecule has 0 bridgehead atoms. The molecule has 0 aliphatic rings. The topological polar surface area (TPSA) is 17.1 Å². The SMILES string of the molecule is CC(C)c1cccc(CCCCC[C]=O)c1. The molecular formula is C15H21O. The third-order valence-corrected chi connectivity index (χ3v) is 2.86. The van der Waals surface area contributed by atoms with Crippen LogP contribution in [0.15, 0.2) is 24.3 Å². The Hall–Kier alpha value is -1.11. The lowest BCUT2D eigenvalue weighted by Crippen LogP contribution is -1.91. The van der Waals surface area contributed by atoms with Crippen molar-refractivity contribution in [2.75, 3.05) is 0 Å². The molecule has 0 spiro atoms. The first kappa shape index (κ1) is 13.0. The highest BCUT2D eigenvalue weighted by Gasteiger charge is 2.00. The fourth-order valence-electron chi connectivity index (χ4n) is 1.81. The van der Waals surface area contributed by atoms with Crippen LogP contribution in [0.5, 0.6) is 0 Å². The van der Waals surface area contributed by atoms with Gasteiger partial charge in [-0.1, -0.05) is 44.5 Å². The number of hydrogen-bond donors (Lipinski definition) is 0. The molecule has 0 aromatic heterocycles. The van der Waals surface area contributed by atoms with Gasteiger partial charge in [0.2, 0.25) is 0 Å². The van der Waals surface area contributed by atoms with Crippen LogP contribution in [0, 0.1) is 0 Å². The van der Waals surface area contributed by atoms with Gasteiger partial charge in [0.05, 0.1) is 0 Å². The normalized spacial score (nSPS) is 10.7. The van der Waals surface area contributed by atoms with Crippen LogP contribution < -0.4 is 0 Å². The van der Waals surface area contributed by atoms with Crippen molar-refractivity contribution < 1.29 is 4.79 Å². The Morgan fingerprint density at radius 3 is 2.69 bits per heavy atom. The van der Waals surface area contributed by atoms with E-state index in [0.717, 1.165) is 19.3 Å². The lowest BCUT2D eigenvalue weighted by atomic mass is 9.98. The third kappa shape index (κ3) is 4.61. The summed E-state index contributed by atoms with van der Waals surface area (Å²) in [6.07, 6.45) is 6.93. The summed E-state index contributed by atoms with van der Waals surface area (Å²) < 4.78 is 0. The van der Waals surface area contributed by atoms with Gasteiger partial charge >= 0.3 is 0 Å². The number of benzene rings is 1. The molecule has 16 heavy (non-hydrogen) atoms. The summed E-state index contributed by atoms with van der Waals surface area (Å²) in [5.41, 5.74) is 2.83. The minimum absolute atomic E-state index is 0.589. The van der Waals surface area contributed by atoms with Gasteiger partial charge in [-0.2, -0.15) is 0 Å². The Morgan fingerprint density at radius 2 is 2.00 bits per heavy atom. The van der Waals surface area contributed by atoms with E-state index in [4.69, 9.17) is 0 Å². The smallest absolute Gasteiger partial charge is 0.198 e. The fourth-order valence-corrected chi connectivity index (χ4v) is 1.81. The quantitative estimate of drug-likeness (QED) is 0.630. The zero-order valence-electron chi connectivity index (χ0n) is 10.3. The number of carbonyl (C=O) groups excluding carboxylic acids is 1. The molecule has 0 aliphatic carbocycles. The first-order chi connectivity index (χ1) is 7.74. The van der Waals surface area contributed by atoms with Gasteiger partial charge in [0, 0.05) is 6.42 Å². The number of rotatable bonds is 7. The highest BCUT2D eigenvalue weighted by Crippen LogP contribution is 2.17. The van der Waals surface area contributed by atoms with Crippen LogP contribution in [0.4, 0.5) is 0 Å². The van der Waals surface area contributed by atoms with Gasteiger partial charge in [0.25, 0.3) is 0 Å². The van der Waals surface area contributed by atoms with Gasteiger partial charge in [0.1, 0.15) is 0 Å². The molecule has 0 N–H and O–H groups in total.